The van der Waals surface area contributed by atoms with Gasteiger partial charge in [-0.2, -0.15) is 5.10 Å². The molecule has 0 saturated carbocycles. The van der Waals surface area contributed by atoms with Crippen LogP contribution in [0.25, 0.3) is 0 Å². The highest BCUT2D eigenvalue weighted by atomic mass is 79.9. The molecule has 2 N–H and O–H groups in total. The molecule has 0 fully saturated rings. The minimum Gasteiger partial charge on any atom is -0.308 e. The predicted molar refractivity (Wildman–Crippen MR) is 64.2 cm³/mol. The summed E-state index contributed by atoms with van der Waals surface area (Å²) in [5.41, 5.74) is 1.05. The molecule has 1 aromatic heterocycles. The minimum atomic E-state index is -0.149. The van der Waals surface area contributed by atoms with E-state index in [1.165, 1.54) is 0 Å². The van der Waals surface area contributed by atoms with Crippen LogP contribution in [0.15, 0.2) is 6.07 Å². The quantitative estimate of drug-likeness (QED) is 0.810. The molecule has 15 heavy (non-hydrogen) atoms. The lowest BCUT2D eigenvalue weighted by Crippen LogP contribution is -2.22. The summed E-state index contributed by atoms with van der Waals surface area (Å²) < 4.78 is 0. The van der Waals surface area contributed by atoms with Gasteiger partial charge in [-0.3, -0.25) is 9.89 Å². The Labute approximate surface area is 98.0 Å². The third kappa shape index (κ3) is 3.66. The molecule has 0 saturated heterocycles. The Balaban J connectivity index is 2.53. The summed E-state index contributed by atoms with van der Waals surface area (Å²) in [6, 6.07) is 1.87. The Kier molecular flexibility index (Phi) is 4.81. The number of carbonyl (C=O) groups is 1. The number of H-pyrrole nitrogens is 1. The van der Waals surface area contributed by atoms with Gasteiger partial charge in [-0.25, -0.2) is 0 Å². The Hall–Kier alpha value is -0.840. The number of aromatic amines is 1. The van der Waals surface area contributed by atoms with Crippen LogP contribution >= 0.6 is 15.9 Å². The van der Waals surface area contributed by atoms with Crippen LogP contribution in [-0.2, 0) is 11.2 Å². The van der Waals surface area contributed by atoms with Gasteiger partial charge in [0.1, 0.15) is 0 Å². The number of amides is 1. The fourth-order valence-corrected chi connectivity index (χ4v) is 1.33. The largest absolute Gasteiger partial charge is 0.308 e. The highest BCUT2D eigenvalue weighted by Gasteiger charge is 2.13. The maximum absolute atomic E-state index is 11.5. The van der Waals surface area contributed by atoms with Crippen molar-refractivity contribution in [1.82, 2.24) is 10.2 Å². The number of aromatic nitrogens is 2. The number of carbonyl (C=O) groups excluding carboxylic acids is 1. The van der Waals surface area contributed by atoms with Crippen LogP contribution in [0.2, 0.25) is 0 Å². The van der Waals surface area contributed by atoms with Crippen molar-refractivity contribution < 1.29 is 4.79 Å². The van der Waals surface area contributed by atoms with Gasteiger partial charge in [0.25, 0.3) is 0 Å². The van der Waals surface area contributed by atoms with E-state index in [2.05, 4.69) is 38.4 Å². The van der Waals surface area contributed by atoms with Crippen molar-refractivity contribution in [1.29, 1.82) is 0 Å². The number of rotatable bonds is 5. The zero-order valence-electron chi connectivity index (χ0n) is 9.01. The van der Waals surface area contributed by atoms with Crippen molar-refractivity contribution in [3.63, 3.8) is 0 Å². The number of anilines is 1. The SMILES string of the molecule is CCCc1cc(NC(=O)C(Br)CC)n[nH]1. The first kappa shape index (κ1) is 12.2. The molecule has 5 heteroatoms. The highest BCUT2D eigenvalue weighted by Crippen LogP contribution is 2.11. The summed E-state index contributed by atoms with van der Waals surface area (Å²) >= 11 is 3.29. The Bertz CT molecular complexity index is 324. The maximum atomic E-state index is 11.5. The molecular formula is C10H16BrN3O. The Morgan fingerprint density at radius 3 is 3.00 bits per heavy atom. The predicted octanol–water partition coefficient (Wildman–Crippen LogP) is 2.47. The van der Waals surface area contributed by atoms with E-state index in [1.54, 1.807) is 0 Å². The second-order valence-electron chi connectivity index (χ2n) is 3.39. The Morgan fingerprint density at radius 1 is 1.67 bits per heavy atom. The van der Waals surface area contributed by atoms with E-state index in [1.807, 2.05) is 13.0 Å². The van der Waals surface area contributed by atoms with Crippen molar-refractivity contribution >= 4 is 27.7 Å². The average molecular weight is 274 g/mol. The summed E-state index contributed by atoms with van der Waals surface area (Å²) in [6.07, 6.45) is 2.78. The molecule has 0 aromatic carbocycles. The molecule has 4 nitrogen and oxygen atoms in total. The number of alkyl halides is 1. The normalized spacial score (nSPS) is 12.5. The summed E-state index contributed by atoms with van der Waals surface area (Å²) in [6.45, 7) is 4.05. The van der Waals surface area contributed by atoms with Crippen LogP contribution in [0, 0.1) is 0 Å². The molecule has 0 aliphatic heterocycles. The van der Waals surface area contributed by atoms with E-state index < -0.39 is 0 Å². The van der Waals surface area contributed by atoms with Crippen LogP contribution in [0.5, 0.6) is 0 Å². The van der Waals surface area contributed by atoms with Gasteiger partial charge in [-0.05, 0) is 12.8 Å². The van der Waals surface area contributed by atoms with Gasteiger partial charge < -0.3 is 5.32 Å². The van der Waals surface area contributed by atoms with Gasteiger partial charge >= 0.3 is 0 Å². The topological polar surface area (TPSA) is 57.8 Å². The molecule has 1 atom stereocenters. The van der Waals surface area contributed by atoms with E-state index in [0.717, 1.165) is 25.0 Å². The molecule has 1 aromatic rings. The third-order valence-electron chi connectivity index (χ3n) is 2.04. The van der Waals surface area contributed by atoms with Crippen LogP contribution in [0.3, 0.4) is 0 Å². The molecule has 84 valence electrons. The fraction of sp³-hybridized carbons (Fsp3) is 0.600. The van der Waals surface area contributed by atoms with Gasteiger partial charge in [0, 0.05) is 11.8 Å². The summed E-state index contributed by atoms with van der Waals surface area (Å²) in [5.74, 6) is 0.549. The van der Waals surface area contributed by atoms with E-state index in [4.69, 9.17) is 0 Å². The van der Waals surface area contributed by atoms with Gasteiger partial charge in [0.15, 0.2) is 5.82 Å². The molecule has 0 aliphatic carbocycles. The Morgan fingerprint density at radius 2 is 2.40 bits per heavy atom. The average Bonchev–Trinajstić information content (AvgIpc) is 2.65. The van der Waals surface area contributed by atoms with E-state index in [9.17, 15) is 4.79 Å². The number of nitrogens with zero attached hydrogens (tertiary/aromatic N) is 1. The molecule has 1 amide bonds. The molecule has 0 spiro atoms. The second-order valence-corrected chi connectivity index (χ2v) is 4.50. The smallest absolute Gasteiger partial charge is 0.239 e. The zero-order valence-corrected chi connectivity index (χ0v) is 10.6. The number of hydrogen-bond donors (Lipinski definition) is 2. The van der Waals surface area contributed by atoms with Gasteiger partial charge in [-0.1, -0.05) is 36.2 Å². The lowest BCUT2D eigenvalue weighted by molar-refractivity contribution is -0.115. The highest BCUT2D eigenvalue weighted by molar-refractivity contribution is 9.10. The first-order chi connectivity index (χ1) is 7.17. The monoisotopic (exact) mass is 273 g/mol. The van der Waals surface area contributed by atoms with Crippen molar-refractivity contribution in [2.75, 3.05) is 5.32 Å². The standard InChI is InChI=1S/C10H16BrN3O/c1-3-5-7-6-9(14-13-7)12-10(15)8(11)4-2/h6,8H,3-5H2,1-2H3,(H2,12,13,14,15). The maximum Gasteiger partial charge on any atom is 0.239 e. The molecule has 0 radical (unpaired) electrons. The van der Waals surface area contributed by atoms with Crippen molar-refractivity contribution in [3.8, 4) is 0 Å². The minimum absolute atomic E-state index is 0.0490. The number of halogens is 1. The van der Waals surface area contributed by atoms with Gasteiger partial charge in [0.2, 0.25) is 5.91 Å². The molecule has 1 heterocycles. The number of nitrogens with one attached hydrogen (secondary N) is 2. The van der Waals surface area contributed by atoms with Crippen LogP contribution in [-0.4, -0.2) is 20.9 Å². The summed E-state index contributed by atoms with van der Waals surface area (Å²) in [7, 11) is 0. The molecule has 0 bridgehead atoms. The van der Waals surface area contributed by atoms with E-state index in [-0.39, 0.29) is 10.7 Å². The van der Waals surface area contributed by atoms with Crippen LogP contribution < -0.4 is 5.32 Å². The van der Waals surface area contributed by atoms with Crippen LogP contribution in [0.4, 0.5) is 5.82 Å². The summed E-state index contributed by atoms with van der Waals surface area (Å²) in [4.78, 5) is 11.3. The van der Waals surface area contributed by atoms with E-state index >= 15 is 0 Å². The fourth-order valence-electron chi connectivity index (χ4n) is 1.21. The zero-order chi connectivity index (χ0) is 11.3. The molecule has 0 aliphatic rings. The van der Waals surface area contributed by atoms with Crippen molar-refractivity contribution in [2.24, 2.45) is 0 Å². The van der Waals surface area contributed by atoms with Crippen molar-refractivity contribution in [3.05, 3.63) is 11.8 Å². The number of aryl methyl sites for hydroxylation is 1. The number of hydrogen-bond acceptors (Lipinski definition) is 2. The lowest BCUT2D eigenvalue weighted by atomic mass is 10.2. The van der Waals surface area contributed by atoms with Crippen molar-refractivity contribution in [2.45, 2.75) is 37.9 Å². The first-order valence-corrected chi connectivity index (χ1v) is 6.08. The van der Waals surface area contributed by atoms with Gasteiger partial charge in [-0.15, -0.1) is 0 Å². The van der Waals surface area contributed by atoms with Crippen LogP contribution in [0.1, 0.15) is 32.4 Å². The first-order valence-electron chi connectivity index (χ1n) is 5.16. The molecular weight excluding hydrogens is 258 g/mol. The summed E-state index contributed by atoms with van der Waals surface area (Å²) in [5, 5.41) is 9.65. The second kappa shape index (κ2) is 5.90. The third-order valence-corrected chi connectivity index (χ3v) is 3.11. The lowest BCUT2D eigenvalue weighted by Gasteiger charge is -2.05. The molecule has 1 rings (SSSR count). The van der Waals surface area contributed by atoms with Gasteiger partial charge in [0.05, 0.1) is 4.83 Å². The molecule has 1 unspecified atom stereocenters. The van der Waals surface area contributed by atoms with E-state index in [0.29, 0.717) is 5.82 Å².